The van der Waals surface area contributed by atoms with Crippen molar-refractivity contribution in [2.45, 2.75) is 46.5 Å². The molecule has 0 aliphatic heterocycles. The van der Waals surface area contributed by atoms with Crippen LogP contribution in [-0.2, 0) is 12.8 Å². The van der Waals surface area contributed by atoms with Crippen LogP contribution in [0.3, 0.4) is 0 Å². The third-order valence-corrected chi connectivity index (χ3v) is 5.12. The summed E-state index contributed by atoms with van der Waals surface area (Å²) in [5, 5.41) is 0. The molecule has 0 aliphatic rings. The van der Waals surface area contributed by atoms with Gasteiger partial charge in [-0.05, 0) is 60.7 Å². The molecule has 0 heterocycles. The van der Waals surface area contributed by atoms with Crippen LogP contribution in [-0.4, -0.2) is 11.9 Å². The summed E-state index contributed by atoms with van der Waals surface area (Å²) in [5.74, 6) is -0.292. The molecule has 0 spiro atoms. The molecule has 0 unspecified atom stereocenters. The number of benzene rings is 3. The van der Waals surface area contributed by atoms with Crippen molar-refractivity contribution in [3.05, 3.63) is 94.5 Å². The molecule has 0 radical (unpaired) electrons. The second-order valence-electron chi connectivity index (χ2n) is 7.49. The van der Waals surface area contributed by atoms with Gasteiger partial charge in [0.25, 0.3) is 0 Å². The molecule has 31 heavy (non-hydrogen) atoms. The first-order chi connectivity index (χ1) is 15.0. The topological polar surface area (TPSA) is 52.6 Å². The Balaban J connectivity index is 2.07. The van der Waals surface area contributed by atoms with Gasteiger partial charge in [0, 0.05) is 0 Å². The molecule has 0 aromatic heterocycles. The van der Waals surface area contributed by atoms with E-state index in [1.54, 1.807) is 48.5 Å². The lowest BCUT2D eigenvalue weighted by molar-refractivity contribution is 0.0680. The van der Waals surface area contributed by atoms with Gasteiger partial charge in [-0.1, -0.05) is 69.2 Å². The Hall–Kier alpha value is -3.40. The first kappa shape index (κ1) is 22.3. The van der Waals surface area contributed by atoms with Crippen LogP contribution < -0.4 is 9.47 Å². The minimum absolute atomic E-state index is 0.326. The lowest BCUT2D eigenvalue weighted by Crippen LogP contribution is -2.15. The maximum absolute atomic E-state index is 12.8. The third kappa shape index (κ3) is 5.40. The van der Waals surface area contributed by atoms with E-state index in [-0.39, 0.29) is 0 Å². The molecule has 0 atom stereocenters. The van der Waals surface area contributed by atoms with Crippen LogP contribution in [0.4, 0.5) is 0 Å². The molecule has 0 aliphatic carbocycles. The van der Waals surface area contributed by atoms with E-state index >= 15 is 0 Å². The van der Waals surface area contributed by atoms with E-state index in [1.807, 2.05) is 19.1 Å². The van der Waals surface area contributed by atoms with Crippen LogP contribution in [0.5, 0.6) is 11.5 Å². The molecule has 3 aromatic rings. The predicted molar refractivity (Wildman–Crippen MR) is 122 cm³/mol. The van der Waals surface area contributed by atoms with Crippen molar-refractivity contribution in [2.75, 3.05) is 0 Å². The molecular formula is C27H28O4. The highest BCUT2D eigenvalue weighted by Crippen LogP contribution is 2.39. The molecule has 0 bridgehead atoms. The first-order valence-electron chi connectivity index (χ1n) is 10.7. The highest BCUT2D eigenvalue weighted by Gasteiger charge is 2.23. The van der Waals surface area contributed by atoms with Crippen molar-refractivity contribution in [3.63, 3.8) is 0 Å². The van der Waals surface area contributed by atoms with E-state index in [0.717, 1.165) is 36.0 Å². The summed E-state index contributed by atoms with van der Waals surface area (Å²) in [7, 11) is 0. The van der Waals surface area contributed by atoms with Crippen LogP contribution in [0.25, 0.3) is 0 Å². The highest BCUT2D eigenvalue weighted by atomic mass is 16.6. The maximum Gasteiger partial charge on any atom is 0.343 e. The van der Waals surface area contributed by atoms with Gasteiger partial charge in [0.1, 0.15) is 0 Å². The van der Waals surface area contributed by atoms with E-state index in [4.69, 9.17) is 9.47 Å². The number of rotatable bonds is 8. The minimum Gasteiger partial charge on any atom is -0.419 e. The molecule has 0 saturated heterocycles. The zero-order chi connectivity index (χ0) is 22.2. The Morgan fingerprint density at radius 1 is 0.677 bits per heavy atom. The van der Waals surface area contributed by atoms with Gasteiger partial charge in [0.2, 0.25) is 0 Å². The number of carbonyl (C=O) groups excluding carboxylic acids is 2. The molecule has 4 nitrogen and oxygen atoms in total. The molecule has 3 rings (SSSR count). The first-order valence-corrected chi connectivity index (χ1v) is 10.7. The largest absolute Gasteiger partial charge is 0.419 e. The van der Waals surface area contributed by atoms with E-state index < -0.39 is 11.9 Å². The number of ether oxygens (including phenoxy) is 2. The minimum atomic E-state index is -0.475. The van der Waals surface area contributed by atoms with E-state index in [0.29, 0.717) is 29.0 Å². The number of esters is 2. The van der Waals surface area contributed by atoms with E-state index in [2.05, 4.69) is 19.9 Å². The fourth-order valence-corrected chi connectivity index (χ4v) is 3.52. The Labute approximate surface area is 183 Å². The highest BCUT2D eigenvalue weighted by molar-refractivity contribution is 5.93. The van der Waals surface area contributed by atoms with Crippen LogP contribution in [0.2, 0.25) is 0 Å². The molecule has 160 valence electrons. The summed E-state index contributed by atoms with van der Waals surface area (Å²) < 4.78 is 11.7. The van der Waals surface area contributed by atoms with Gasteiger partial charge < -0.3 is 9.47 Å². The Bertz CT molecular complexity index is 1040. The van der Waals surface area contributed by atoms with Gasteiger partial charge in [0.15, 0.2) is 11.5 Å². The van der Waals surface area contributed by atoms with Gasteiger partial charge in [-0.3, -0.25) is 0 Å². The zero-order valence-corrected chi connectivity index (χ0v) is 18.3. The van der Waals surface area contributed by atoms with E-state index in [1.165, 1.54) is 0 Å². The van der Waals surface area contributed by atoms with Gasteiger partial charge in [-0.15, -0.1) is 0 Å². The van der Waals surface area contributed by atoms with Gasteiger partial charge in [0.05, 0.1) is 11.1 Å². The summed E-state index contributed by atoms with van der Waals surface area (Å²) in [6, 6.07) is 19.7. The Morgan fingerprint density at radius 2 is 1.13 bits per heavy atom. The summed E-state index contributed by atoms with van der Waals surface area (Å²) >= 11 is 0. The Kier molecular flexibility index (Phi) is 7.60. The van der Waals surface area contributed by atoms with Crippen molar-refractivity contribution in [3.8, 4) is 11.5 Å². The maximum atomic E-state index is 12.8. The van der Waals surface area contributed by atoms with Gasteiger partial charge >= 0.3 is 11.9 Å². The molecular weight excluding hydrogens is 388 g/mol. The van der Waals surface area contributed by atoms with Crippen LogP contribution in [0.1, 0.15) is 64.1 Å². The average Bonchev–Trinajstić information content (AvgIpc) is 2.80. The number of aryl methyl sites for hydroxylation is 2. The smallest absolute Gasteiger partial charge is 0.343 e. The molecule has 4 heteroatoms. The summed E-state index contributed by atoms with van der Waals surface area (Å²) in [6.07, 6.45) is 3.40. The fraction of sp³-hybridized carbons (Fsp3) is 0.259. The molecule has 3 aromatic carbocycles. The monoisotopic (exact) mass is 416 g/mol. The predicted octanol–water partition coefficient (Wildman–Crippen LogP) is 6.34. The second kappa shape index (κ2) is 10.6. The normalized spacial score (nSPS) is 10.5. The van der Waals surface area contributed by atoms with Crippen LogP contribution in [0, 0.1) is 6.92 Å². The molecule has 0 saturated carbocycles. The SMILES string of the molecule is CCCc1cc(CCC)c(OC(=O)c2ccccc2)c(OC(=O)c2ccccc2)c1C. The van der Waals surface area contributed by atoms with Crippen LogP contribution in [0.15, 0.2) is 66.7 Å². The second-order valence-corrected chi connectivity index (χ2v) is 7.49. The Morgan fingerprint density at radius 3 is 1.61 bits per heavy atom. The zero-order valence-electron chi connectivity index (χ0n) is 18.3. The number of hydrogen-bond acceptors (Lipinski definition) is 4. The summed E-state index contributed by atoms with van der Waals surface area (Å²) in [4.78, 5) is 25.7. The van der Waals surface area contributed by atoms with Crippen molar-refractivity contribution in [2.24, 2.45) is 0 Å². The lowest BCUT2D eigenvalue weighted by atomic mass is 9.96. The summed E-state index contributed by atoms with van der Waals surface area (Å²) in [6.45, 7) is 6.09. The fourth-order valence-electron chi connectivity index (χ4n) is 3.52. The number of hydrogen-bond donors (Lipinski definition) is 0. The average molecular weight is 417 g/mol. The van der Waals surface area contributed by atoms with Gasteiger partial charge in [-0.25, -0.2) is 9.59 Å². The van der Waals surface area contributed by atoms with Gasteiger partial charge in [-0.2, -0.15) is 0 Å². The van der Waals surface area contributed by atoms with Crippen molar-refractivity contribution in [1.82, 2.24) is 0 Å². The molecule has 0 fully saturated rings. The standard InChI is InChI=1S/C27H28O4/c1-4-12-22-18-23(13-5-2)25(31-27(29)21-16-10-7-11-17-21)24(19(22)3)30-26(28)20-14-8-6-9-15-20/h6-11,14-18H,4-5,12-13H2,1-3H3. The lowest BCUT2D eigenvalue weighted by Gasteiger charge is -2.19. The molecule has 0 amide bonds. The molecule has 0 N–H and O–H groups in total. The summed E-state index contributed by atoms with van der Waals surface area (Å²) in [5.41, 5.74) is 3.68. The third-order valence-electron chi connectivity index (χ3n) is 5.12. The van der Waals surface area contributed by atoms with Crippen molar-refractivity contribution in [1.29, 1.82) is 0 Å². The quantitative estimate of drug-likeness (QED) is 0.318. The van der Waals surface area contributed by atoms with E-state index in [9.17, 15) is 9.59 Å². The van der Waals surface area contributed by atoms with Crippen molar-refractivity contribution < 1.29 is 19.1 Å². The number of carbonyl (C=O) groups is 2. The van der Waals surface area contributed by atoms with Crippen molar-refractivity contribution >= 4 is 11.9 Å². The van der Waals surface area contributed by atoms with Crippen LogP contribution >= 0.6 is 0 Å².